The van der Waals surface area contributed by atoms with Gasteiger partial charge in [0.25, 0.3) is 0 Å². The molecule has 98 valence electrons. The summed E-state index contributed by atoms with van der Waals surface area (Å²) in [5, 5.41) is 3.62. The minimum atomic E-state index is 0.405. The summed E-state index contributed by atoms with van der Waals surface area (Å²) in [5.41, 5.74) is 0. The van der Waals surface area contributed by atoms with E-state index in [-0.39, 0.29) is 0 Å². The Kier molecular flexibility index (Phi) is 5.33. The molecule has 1 N–H and O–H groups in total. The molecule has 0 spiro atoms. The summed E-state index contributed by atoms with van der Waals surface area (Å²) in [4.78, 5) is 0. The number of hydrogen-bond donors (Lipinski definition) is 1. The van der Waals surface area contributed by atoms with Gasteiger partial charge in [-0.2, -0.15) is 0 Å². The third kappa shape index (κ3) is 4.00. The molecule has 0 aromatic carbocycles. The predicted octanol–water partition coefficient (Wildman–Crippen LogP) is 2.48. The van der Waals surface area contributed by atoms with Crippen molar-refractivity contribution in [3.63, 3.8) is 0 Å². The Hall–Kier alpha value is -0.540. The lowest BCUT2D eigenvalue weighted by atomic mass is 9.96. The molecule has 3 heteroatoms. The van der Waals surface area contributed by atoms with E-state index < -0.39 is 0 Å². The average Bonchev–Trinajstić information content (AvgIpc) is 2.88. The van der Waals surface area contributed by atoms with Crippen LogP contribution in [0.4, 0.5) is 0 Å². The monoisotopic (exact) mass is 239 g/mol. The summed E-state index contributed by atoms with van der Waals surface area (Å²) in [7, 11) is 0. The molecule has 2 rings (SSSR count). The van der Waals surface area contributed by atoms with E-state index in [0.29, 0.717) is 12.0 Å². The van der Waals surface area contributed by atoms with Crippen molar-refractivity contribution >= 4 is 0 Å². The third-order valence-electron chi connectivity index (χ3n) is 3.54. The summed E-state index contributed by atoms with van der Waals surface area (Å²) < 4.78 is 11.3. The summed E-state index contributed by atoms with van der Waals surface area (Å²) in [6, 6.07) is 0.405. The second kappa shape index (κ2) is 7.02. The smallest absolute Gasteiger partial charge is 0.109 e. The first-order chi connectivity index (χ1) is 8.40. The minimum Gasteiger partial charge on any atom is -0.497 e. The quantitative estimate of drug-likeness (QED) is 0.772. The van der Waals surface area contributed by atoms with Crippen LogP contribution in [0.25, 0.3) is 0 Å². The molecule has 0 saturated carbocycles. The molecule has 2 unspecified atom stereocenters. The Bertz CT molecular complexity index is 247. The van der Waals surface area contributed by atoms with Crippen LogP contribution in [-0.4, -0.2) is 32.4 Å². The van der Waals surface area contributed by atoms with Gasteiger partial charge in [0.15, 0.2) is 0 Å². The maximum absolute atomic E-state index is 5.81. The second-order valence-corrected chi connectivity index (χ2v) is 5.07. The van der Waals surface area contributed by atoms with Gasteiger partial charge in [-0.3, -0.25) is 0 Å². The normalized spacial score (nSPS) is 26.4. The largest absolute Gasteiger partial charge is 0.497 e. The Labute approximate surface area is 105 Å². The molecule has 0 aromatic heterocycles. The molecule has 0 aliphatic carbocycles. The molecule has 0 amide bonds. The summed E-state index contributed by atoms with van der Waals surface area (Å²) in [5.74, 6) is 1.88. The topological polar surface area (TPSA) is 30.5 Å². The van der Waals surface area contributed by atoms with E-state index in [2.05, 4.69) is 18.3 Å². The van der Waals surface area contributed by atoms with Crippen molar-refractivity contribution in [1.29, 1.82) is 0 Å². The van der Waals surface area contributed by atoms with E-state index in [9.17, 15) is 0 Å². The van der Waals surface area contributed by atoms with Gasteiger partial charge in [0.1, 0.15) is 5.76 Å². The maximum atomic E-state index is 5.81. The number of rotatable bonds is 6. The first kappa shape index (κ1) is 12.9. The van der Waals surface area contributed by atoms with Gasteiger partial charge in [0.05, 0.1) is 12.6 Å². The molecule has 1 saturated heterocycles. The van der Waals surface area contributed by atoms with Crippen molar-refractivity contribution < 1.29 is 9.47 Å². The van der Waals surface area contributed by atoms with Crippen LogP contribution in [0.1, 0.15) is 39.0 Å². The fourth-order valence-electron chi connectivity index (χ4n) is 2.54. The van der Waals surface area contributed by atoms with Crippen LogP contribution in [-0.2, 0) is 9.47 Å². The number of ether oxygens (including phenoxy) is 2. The number of nitrogens with one attached hydrogen (secondary N) is 1. The van der Waals surface area contributed by atoms with Crippen molar-refractivity contribution in [2.75, 3.05) is 26.4 Å². The summed E-state index contributed by atoms with van der Waals surface area (Å²) in [6.45, 7) is 6.03. The van der Waals surface area contributed by atoms with Crippen molar-refractivity contribution in [1.82, 2.24) is 5.32 Å². The fourth-order valence-corrected chi connectivity index (χ4v) is 2.54. The van der Waals surface area contributed by atoms with Gasteiger partial charge in [-0.05, 0) is 50.6 Å². The first-order valence-electron chi connectivity index (χ1n) is 7.04. The van der Waals surface area contributed by atoms with E-state index >= 15 is 0 Å². The molecule has 17 heavy (non-hydrogen) atoms. The van der Waals surface area contributed by atoms with Gasteiger partial charge in [-0.1, -0.05) is 6.92 Å². The minimum absolute atomic E-state index is 0.405. The third-order valence-corrected chi connectivity index (χ3v) is 3.54. The van der Waals surface area contributed by atoms with E-state index in [4.69, 9.17) is 9.47 Å². The van der Waals surface area contributed by atoms with Gasteiger partial charge >= 0.3 is 0 Å². The first-order valence-corrected chi connectivity index (χ1v) is 7.04. The zero-order valence-electron chi connectivity index (χ0n) is 10.9. The molecule has 0 radical (unpaired) electrons. The Morgan fingerprint density at radius 3 is 3.06 bits per heavy atom. The molecule has 2 heterocycles. The van der Waals surface area contributed by atoms with E-state index in [1.807, 2.05) is 0 Å². The maximum Gasteiger partial charge on any atom is 0.109 e. The second-order valence-electron chi connectivity index (χ2n) is 5.07. The highest BCUT2D eigenvalue weighted by molar-refractivity contribution is 5.06. The van der Waals surface area contributed by atoms with Crippen LogP contribution in [0, 0.1) is 5.92 Å². The van der Waals surface area contributed by atoms with Gasteiger partial charge in [0.2, 0.25) is 0 Å². The molecule has 0 bridgehead atoms. The summed E-state index contributed by atoms with van der Waals surface area (Å²) >= 11 is 0. The predicted molar refractivity (Wildman–Crippen MR) is 68.9 cm³/mol. The molecule has 2 aliphatic heterocycles. The Morgan fingerprint density at radius 1 is 1.47 bits per heavy atom. The van der Waals surface area contributed by atoms with Crippen LogP contribution in [0.2, 0.25) is 0 Å². The summed E-state index contributed by atoms with van der Waals surface area (Å²) in [6.07, 6.45) is 8.14. The highest BCUT2D eigenvalue weighted by atomic mass is 16.5. The Balaban J connectivity index is 1.88. The van der Waals surface area contributed by atoms with Crippen molar-refractivity contribution in [2.45, 2.75) is 45.1 Å². The van der Waals surface area contributed by atoms with Crippen LogP contribution in [0.15, 0.2) is 11.8 Å². The molecule has 3 nitrogen and oxygen atoms in total. The average molecular weight is 239 g/mol. The van der Waals surface area contributed by atoms with Crippen LogP contribution in [0.5, 0.6) is 0 Å². The van der Waals surface area contributed by atoms with Crippen LogP contribution < -0.4 is 5.32 Å². The van der Waals surface area contributed by atoms with Gasteiger partial charge in [-0.25, -0.2) is 0 Å². The van der Waals surface area contributed by atoms with Crippen molar-refractivity contribution in [2.24, 2.45) is 5.92 Å². The molecular formula is C14H25NO2. The highest BCUT2D eigenvalue weighted by Gasteiger charge is 2.24. The van der Waals surface area contributed by atoms with Crippen molar-refractivity contribution in [3.05, 3.63) is 11.8 Å². The Morgan fingerprint density at radius 2 is 2.41 bits per heavy atom. The van der Waals surface area contributed by atoms with E-state index in [0.717, 1.165) is 39.2 Å². The molecule has 2 atom stereocenters. The standard InChI is InChI=1S/C14H25NO2/c1-2-7-15-13(10-12-6-9-16-11-12)14-5-3-4-8-17-14/h5,12-13,15H,2-4,6-11H2,1H3. The number of allylic oxidation sites excluding steroid dienone is 1. The zero-order valence-corrected chi connectivity index (χ0v) is 10.9. The van der Waals surface area contributed by atoms with Gasteiger partial charge < -0.3 is 14.8 Å². The van der Waals surface area contributed by atoms with Gasteiger partial charge in [0, 0.05) is 13.2 Å². The van der Waals surface area contributed by atoms with Crippen LogP contribution >= 0.6 is 0 Å². The molecule has 1 fully saturated rings. The fraction of sp³-hybridized carbons (Fsp3) is 0.857. The van der Waals surface area contributed by atoms with E-state index in [1.54, 1.807) is 0 Å². The lowest BCUT2D eigenvalue weighted by molar-refractivity contribution is 0.152. The molecular weight excluding hydrogens is 214 g/mol. The molecule has 2 aliphatic rings. The molecule has 0 aromatic rings. The number of hydrogen-bond acceptors (Lipinski definition) is 3. The van der Waals surface area contributed by atoms with Gasteiger partial charge in [-0.15, -0.1) is 0 Å². The van der Waals surface area contributed by atoms with Crippen LogP contribution in [0.3, 0.4) is 0 Å². The van der Waals surface area contributed by atoms with E-state index in [1.165, 1.54) is 25.0 Å². The SMILES string of the molecule is CCCNC(CC1CCOC1)C1=CCCCO1. The zero-order chi connectivity index (χ0) is 11.9. The highest BCUT2D eigenvalue weighted by Crippen LogP contribution is 2.24. The lowest BCUT2D eigenvalue weighted by Crippen LogP contribution is -2.35. The van der Waals surface area contributed by atoms with Crippen molar-refractivity contribution in [3.8, 4) is 0 Å². The lowest BCUT2D eigenvalue weighted by Gasteiger charge is -2.26.